The lowest BCUT2D eigenvalue weighted by Gasteiger charge is -2.27. The molecule has 0 heterocycles. The Morgan fingerprint density at radius 2 is 2.00 bits per heavy atom. The molecule has 0 radical (unpaired) electrons. The van der Waals surface area contributed by atoms with Crippen LogP contribution < -0.4 is 0 Å². The molecule has 0 N–H and O–H groups in total. The average molecular weight is 232 g/mol. The fourth-order valence-corrected chi connectivity index (χ4v) is 2.61. The van der Waals surface area contributed by atoms with Gasteiger partial charge in [-0.05, 0) is 30.5 Å². The van der Waals surface area contributed by atoms with E-state index in [1.165, 1.54) is 12.1 Å². The van der Waals surface area contributed by atoms with E-state index in [0.29, 0.717) is 12.2 Å². The molecule has 1 aromatic rings. The van der Waals surface area contributed by atoms with Crippen LogP contribution in [0.4, 0.5) is 4.39 Å². The van der Waals surface area contributed by atoms with Crippen molar-refractivity contribution in [3.8, 4) is 0 Å². The van der Waals surface area contributed by atoms with Crippen LogP contribution in [-0.4, -0.2) is 5.78 Å². The molecule has 90 valence electrons. The second-order valence-electron chi connectivity index (χ2n) is 4.63. The Morgan fingerprint density at radius 1 is 1.29 bits per heavy atom. The third-order valence-electron chi connectivity index (χ3n) is 3.54. The van der Waals surface area contributed by atoms with Gasteiger partial charge in [-0.3, -0.25) is 4.79 Å². The van der Waals surface area contributed by atoms with Crippen LogP contribution in [0, 0.1) is 11.7 Å². The number of Topliss-reactive ketones (excluding diaryl/α,β-unsaturated/α-hetero) is 1. The number of rotatable bonds is 3. The predicted molar refractivity (Wildman–Crippen MR) is 66.3 cm³/mol. The number of allylic oxidation sites excluding steroid dienone is 1. The van der Waals surface area contributed by atoms with Crippen molar-refractivity contribution in [3.05, 3.63) is 48.3 Å². The average Bonchev–Trinajstić information content (AvgIpc) is 2.35. The number of carbonyl (C=O) groups is 1. The molecular formula is C15H17FO. The fourth-order valence-electron chi connectivity index (χ4n) is 2.61. The number of hydrogen-bond acceptors (Lipinski definition) is 1. The van der Waals surface area contributed by atoms with Crippen molar-refractivity contribution < 1.29 is 9.18 Å². The molecule has 1 fully saturated rings. The van der Waals surface area contributed by atoms with Crippen molar-refractivity contribution in [2.24, 2.45) is 5.92 Å². The molecule has 17 heavy (non-hydrogen) atoms. The van der Waals surface area contributed by atoms with Crippen LogP contribution in [0.1, 0.15) is 37.2 Å². The smallest absolute Gasteiger partial charge is 0.136 e. The van der Waals surface area contributed by atoms with E-state index in [-0.39, 0.29) is 17.7 Å². The summed E-state index contributed by atoms with van der Waals surface area (Å²) in [6.45, 7) is 3.82. The van der Waals surface area contributed by atoms with E-state index < -0.39 is 0 Å². The summed E-state index contributed by atoms with van der Waals surface area (Å²) >= 11 is 0. The first-order chi connectivity index (χ1) is 8.22. The first-order valence-corrected chi connectivity index (χ1v) is 6.13. The number of carbonyl (C=O) groups excluding carboxylic acids is 1. The molecule has 1 saturated carbocycles. The van der Waals surface area contributed by atoms with Crippen molar-refractivity contribution >= 4 is 5.78 Å². The lowest BCUT2D eigenvalue weighted by Crippen LogP contribution is -2.24. The van der Waals surface area contributed by atoms with E-state index >= 15 is 0 Å². The van der Waals surface area contributed by atoms with E-state index in [1.807, 2.05) is 6.08 Å². The molecule has 0 aliphatic heterocycles. The van der Waals surface area contributed by atoms with Gasteiger partial charge < -0.3 is 0 Å². The minimum atomic E-state index is -0.244. The summed E-state index contributed by atoms with van der Waals surface area (Å²) in [6, 6.07) is 6.39. The maximum atomic E-state index is 12.9. The van der Waals surface area contributed by atoms with Crippen LogP contribution in [0.2, 0.25) is 0 Å². The third kappa shape index (κ3) is 2.63. The molecule has 1 aliphatic carbocycles. The van der Waals surface area contributed by atoms with Crippen molar-refractivity contribution in [1.29, 1.82) is 0 Å². The summed E-state index contributed by atoms with van der Waals surface area (Å²) < 4.78 is 12.9. The third-order valence-corrected chi connectivity index (χ3v) is 3.54. The van der Waals surface area contributed by atoms with Crippen LogP contribution in [0.25, 0.3) is 0 Å². The fraction of sp³-hybridized carbons (Fsp3) is 0.400. The van der Waals surface area contributed by atoms with Gasteiger partial charge in [0.15, 0.2) is 0 Å². The molecular weight excluding hydrogens is 215 g/mol. The zero-order valence-electron chi connectivity index (χ0n) is 9.86. The van der Waals surface area contributed by atoms with Crippen molar-refractivity contribution in [1.82, 2.24) is 0 Å². The van der Waals surface area contributed by atoms with Crippen LogP contribution >= 0.6 is 0 Å². The summed E-state index contributed by atoms with van der Waals surface area (Å²) in [5.74, 6) is 0.145. The minimum Gasteiger partial charge on any atom is -0.299 e. The van der Waals surface area contributed by atoms with Crippen LogP contribution in [0.15, 0.2) is 36.9 Å². The zero-order valence-corrected chi connectivity index (χ0v) is 9.86. The van der Waals surface area contributed by atoms with Gasteiger partial charge in [-0.2, -0.15) is 0 Å². The zero-order chi connectivity index (χ0) is 12.3. The first kappa shape index (κ1) is 12.0. The number of benzene rings is 1. The summed E-state index contributed by atoms with van der Waals surface area (Å²) in [5, 5.41) is 0. The molecule has 1 nitrogen and oxygen atoms in total. The van der Waals surface area contributed by atoms with Crippen molar-refractivity contribution in [2.45, 2.75) is 31.6 Å². The summed E-state index contributed by atoms with van der Waals surface area (Å²) in [4.78, 5) is 11.9. The normalized spacial score (nSPS) is 22.2. The Hall–Kier alpha value is -1.44. The molecule has 1 aliphatic rings. The molecule has 2 heteroatoms. The van der Waals surface area contributed by atoms with Gasteiger partial charge in [-0.15, -0.1) is 6.58 Å². The minimum absolute atomic E-state index is 0.0309. The highest BCUT2D eigenvalue weighted by Gasteiger charge is 2.29. The molecule has 0 bridgehead atoms. The topological polar surface area (TPSA) is 17.1 Å². The number of hydrogen-bond donors (Lipinski definition) is 0. The maximum absolute atomic E-state index is 12.9. The van der Waals surface area contributed by atoms with Crippen molar-refractivity contribution in [2.75, 3.05) is 0 Å². The Kier molecular flexibility index (Phi) is 3.72. The lowest BCUT2D eigenvalue weighted by atomic mass is 9.76. The molecule has 0 saturated heterocycles. The van der Waals surface area contributed by atoms with Gasteiger partial charge in [-0.1, -0.05) is 24.6 Å². The van der Waals surface area contributed by atoms with Gasteiger partial charge >= 0.3 is 0 Å². The van der Waals surface area contributed by atoms with E-state index in [1.54, 1.807) is 12.1 Å². The SMILES string of the molecule is C=C[C@H](c1ccc(F)cc1)[C@@H]1CCCCC1=O. The second kappa shape index (κ2) is 5.26. The van der Waals surface area contributed by atoms with Crippen LogP contribution in [0.3, 0.4) is 0 Å². The molecule has 1 aromatic carbocycles. The van der Waals surface area contributed by atoms with E-state index in [0.717, 1.165) is 24.8 Å². The molecule has 0 unspecified atom stereocenters. The highest BCUT2D eigenvalue weighted by molar-refractivity contribution is 5.83. The Balaban J connectivity index is 2.23. The highest BCUT2D eigenvalue weighted by Crippen LogP contribution is 2.34. The summed E-state index contributed by atoms with van der Waals surface area (Å²) in [6.07, 6.45) is 5.52. The van der Waals surface area contributed by atoms with E-state index in [9.17, 15) is 9.18 Å². The van der Waals surface area contributed by atoms with Gasteiger partial charge in [0, 0.05) is 18.3 Å². The highest BCUT2D eigenvalue weighted by atomic mass is 19.1. The predicted octanol–water partition coefficient (Wildman–Crippen LogP) is 3.85. The Bertz CT molecular complexity index is 407. The number of halogens is 1. The molecule has 0 spiro atoms. The lowest BCUT2D eigenvalue weighted by molar-refractivity contribution is -0.124. The van der Waals surface area contributed by atoms with Crippen molar-refractivity contribution in [3.63, 3.8) is 0 Å². The quantitative estimate of drug-likeness (QED) is 0.723. The summed E-state index contributed by atoms with van der Waals surface area (Å²) in [5.41, 5.74) is 0.988. The van der Waals surface area contributed by atoms with Gasteiger partial charge in [0.2, 0.25) is 0 Å². The van der Waals surface area contributed by atoms with Gasteiger partial charge in [0.1, 0.15) is 11.6 Å². The van der Waals surface area contributed by atoms with Crippen LogP contribution in [-0.2, 0) is 4.79 Å². The van der Waals surface area contributed by atoms with E-state index in [2.05, 4.69) is 6.58 Å². The summed E-state index contributed by atoms with van der Waals surface area (Å²) in [7, 11) is 0. The Morgan fingerprint density at radius 3 is 2.59 bits per heavy atom. The van der Waals surface area contributed by atoms with Gasteiger partial charge in [-0.25, -0.2) is 4.39 Å². The molecule has 0 amide bonds. The van der Waals surface area contributed by atoms with Gasteiger partial charge in [0.05, 0.1) is 0 Å². The first-order valence-electron chi connectivity index (χ1n) is 6.13. The monoisotopic (exact) mass is 232 g/mol. The standard InChI is InChI=1S/C15H17FO/c1-2-13(11-7-9-12(16)10-8-11)14-5-3-4-6-15(14)17/h2,7-10,13-14H,1,3-6H2/t13-,14+/m1/s1. The largest absolute Gasteiger partial charge is 0.299 e. The van der Waals surface area contributed by atoms with Gasteiger partial charge in [0.25, 0.3) is 0 Å². The van der Waals surface area contributed by atoms with Crippen LogP contribution in [0.5, 0.6) is 0 Å². The maximum Gasteiger partial charge on any atom is 0.136 e. The molecule has 0 aromatic heterocycles. The second-order valence-corrected chi connectivity index (χ2v) is 4.63. The molecule has 2 rings (SSSR count). The Labute approximate surface area is 101 Å². The van der Waals surface area contributed by atoms with E-state index in [4.69, 9.17) is 0 Å². The molecule has 2 atom stereocenters. The number of ketones is 1.